The van der Waals surface area contributed by atoms with E-state index in [1.54, 1.807) is 11.1 Å². The summed E-state index contributed by atoms with van der Waals surface area (Å²) in [5.41, 5.74) is 22.6. The van der Waals surface area contributed by atoms with E-state index in [-0.39, 0.29) is 26.2 Å². The van der Waals surface area contributed by atoms with Gasteiger partial charge in [0, 0.05) is 26.2 Å². The van der Waals surface area contributed by atoms with E-state index in [4.69, 9.17) is 0 Å². The van der Waals surface area contributed by atoms with Crippen molar-refractivity contribution in [3.05, 3.63) is 177 Å². The van der Waals surface area contributed by atoms with Crippen molar-refractivity contribution in [2.45, 2.75) is 68.2 Å². The molecule has 2 radical (unpaired) electrons. The van der Waals surface area contributed by atoms with E-state index in [0.29, 0.717) is 11.8 Å². The Morgan fingerprint density at radius 3 is 1.15 bits per heavy atom. The minimum absolute atomic E-state index is 0. The molecule has 0 unspecified atom stereocenters. The maximum atomic E-state index is 2.41. The zero-order valence-corrected chi connectivity index (χ0v) is 36.7. The van der Waals surface area contributed by atoms with Crippen molar-refractivity contribution in [1.82, 2.24) is 0 Å². The first kappa shape index (κ1) is 39.6. The molecule has 0 aromatic heterocycles. The van der Waals surface area contributed by atoms with Crippen LogP contribution >= 0.6 is 0 Å². The Morgan fingerprint density at radius 1 is 0.426 bits per heavy atom. The van der Waals surface area contributed by atoms with Crippen LogP contribution in [0.3, 0.4) is 0 Å². The molecule has 0 nitrogen and oxygen atoms in total. The summed E-state index contributed by atoms with van der Waals surface area (Å²) in [5, 5.41) is 2.98. The second kappa shape index (κ2) is 17.1. The topological polar surface area (TPSA) is 0 Å². The van der Waals surface area contributed by atoms with Crippen LogP contribution in [0.5, 0.6) is 0 Å². The van der Waals surface area contributed by atoms with Crippen LogP contribution in [0.4, 0.5) is 0 Å². The van der Waals surface area contributed by atoms with Crippen molar-refractivity contribution in [2.75, 3.05) is 0 Å². The van der Waals surface area contributed by atoms with Crippen LogP contribution < -0.4 is 10.4 Å². The fourth-order valence-electron chi connectivity index (χ4n) is 8.09. The SMILES string of the molecule is Cc1cc(C)cc(-c2cccc3c2C=C(C(C)C)C3)c1.Cc1cc(C)cc(-c2cccc3c2C=C(C(C)C)C3)c1.[Zr].c1ccc2c(c1)[Si]c1ccccc1-2. The molecular formula is C52H52SiZr. The van der Waals surface area contributed by atoms with Gasteiger partial charge in [0.25, 0.3) is 0 Å². The summed E-state index contributed by atoms with van der Waals surface area (Å²) < 4.78 is 0. The molecule has 9 rings (SSSR count). The summed E-state index contributed by atoms with van der Waals surface area (Å²) in [6, 6.07) is 44.5. The molecule has 0 atom stereocenters. The van der Waals surface area contributed by atoms with E-state index in [0.717, 1.165) is 22.4 Å². The quantitative estimate of drug-likeness (QED) is 0.156. The molecule has 6 aromatic carbocycles. The van der Waals surface area contributed by atoms with E-state index < -0.39 is 0 Å². The summed E-state index contributed by atoms with van der Waals surface area (Å²) >= 11 is 0. The van der Waals surface area contributed by atoms with Crippen LogP contribution in [-0.2, 0) is 39.0 Å². The van der Waals surface area contributed by atoms with Gasteiger partial charge in [-0.15, -0.1) is 0 Å². The van der Waals surface area contributed by atoms with Crippen LogP contribution in [0.2, 0.25) is 0 Å². The molecule has 2 aliphatic carbocycles. The molecule has 6 aromatic rings. The number of hydrogen-bond donors (Lipinski definition) is 0. The summed E-state index contributed by atoms with van der Waals surface area (Å²) in [6.45, 7) is 17.8. The second-order valence-corrected chi connectivity index (χ2v) is 17.2. The van der Waals surface area contributed by atoms with Gasteiger partial charge < -0.3 is 0 Å². The monoisotopic (exact) mass is 794 g/mol. The van der Waals surface area contributed by atoms with E-state index in [1.807, 2.05) is 0 Å². The molecular weight excluding hydrogens is 744 g/mol. The molecule has 268 valence electrons. The predicted octanol–water partition coefficient (Wildman–Crippen LogP) is 12.5. The third-order valence-corrected chi connectivity index (χ3v) is 12.2. The van der Waals surface area contributed by atoms with E-state index in [9.17, 15) is 0 Å². The first-order chi connectivity index (χ1) is 25.5. The van der Waals surface area contributed by atoms with Crippen molar-refractivity contribution < 1.29 is 26.2 Å². The van der Waals surface area contributed by atoms with Crippen LogP contribution in [0.15, 0.2) is 132 Å². The molecule has 2 heteroatoms. The zero-order chi connectivity index (χ0) is 37.2. The minimum atomic E-state index is 0. The average molecular weight is 796 g/mol. The smallest absolute Gasteiger partial charge is 0.0626 e. The molecule has 0 amide bonds. The molecule has 0 saturated carbocycles. The van der Waals surface area contributed by atoms with Gasteiger partial charge in [0.15, 0.2) is 0 Å². The summed E-state index contributed by atoms with van der Waals surface area (Å²) in [5.74, 6) is 1.27. The normalized spacial score (nSPS) is 13.0. The van der Waals surface area contributed by atoms with Gasteiger partial charge in [-0.05, 0) is 108 Å². The fourth-order valence-corrected chi connectivity index (χ4v) is 9.45. The molecule has 54 heavy (non-hydrogen) atoms. The van der Waals surface area contributed by atoms with Gasteiger partial charge in [-0.3, -0.25) is 0 Å². The van der Waals surface area contributed by atoms with Gasteiger partial charge in [0.2, 0.25) is 0 Å². The maximum absolute atomic E-state index is 2.41. The molecule has 1 aliphatic heterocycles. The Balaban J connectivity index is 0.000000140. The number of rotatable bonds is 4. The molecule has 1 heterocycles. The van der Waals surface area contributed by atoms with Crippen molar-refractivity contribution in [2.24, 2.45) is 11.8 Å². The Kier molecular flexibility index (Phi) is 12.6. The first-order valence-corrected chi connectivity index (χ1v) is 20.3. The van der Waals surface area contributed by atoms with Crippen LogP contribution in [0.1, 0.15) is 72.2 Å². The second-order valence-electron chi connectivity index (χ2n) is 15.8. The van der Waals surface area contributed by atoms with Gasteiger partial charge in [-0.1, -0.05) is 205 Å². The van der Waals surface area contributed by atoms with Gasteiger partial charge >= 0.3 is 0 Å². The average Bonchev–Trinajstić information content (AvgIpc) is 3.87. The van der Waals surface area contributed by atoms with Gasteiger partial charge in [-0.2, -0.15) is 0 Å². The fraction of sp³-hybridized carbons (Fsp3) is 0.231. The standard InChI is InChI=1S/2C20H22.C12H8Si.Zr/c2*1-13(2)17-11-16-6-5-7-19(20(16)12-17)18-9-14(3)8-15(4)10-18;1-3-7-11-9(5-1)10-6-2-4-8-12(10)13-11;/h2*5-10,12-13H,11H2,1-4H3;1-8H;. The molecule has 0 bridgehead atoms. The molecule has 3 aliphatic rings. The van der Waals surface area contributed by atoms with Crippen molar-refractivity contribution in [1.29, 1.82) is 0 Å². The zero-order valence-electron chi connectivity index (χ0n) is 33.3. The van der Waals surface area contributed by atoms with Crippen molar-refractivity contribution in [3.63, 3.8) is 0 Å². The minimum Gasteiger partial charge on any atom is -0.0626 e. The summed E-state index contributed by atoms with van der Waals surface area (Å²) in [7, 11) is 0.851. The first-order valence-electron chi connectivity index (χ1n) is 19.3. The third-order valence-electron chi connectivity index (χ3n) is 10.8. The van der Waals surface area contributed by atoms with Crippen LogP contribution in [-0.4, -0.2) is 9.52 Å². The summed E-state index contributed by atoms with van der Waals surface area (Å²) in [4.78, 5) is 0. The van der Waals surface area contributed by atoms with E-state index in [1.165, 1.54) is 88.3 Å². The predicted molar refractivity (Wildman–Crippen MR) is 233 cm³/mol. The molecule has 0 spiro atoms. The van der Waals surface area contributed by atoms with Gasteiger partial charge in [0.05, 0.1) is 0 Å². The van der Waals surface area contributed by atoms with E-state index >= 15 is 0 Å². The Labute approximate surface area is 346 Å². The third kappa shape index (κ3) is 8.72. The number of allylic oxidation sites excluding steroid dienone is 2. The summed E-state index contributed by atoms with van der Waals surface area (Å²) in [6.07, 6.45) is 7.05. The number of hydrogen-bond acceptors (Lipinski definition) is 0. The Hall–Kier alpha value is -4.10. The molecule has 0 saturated heterocycles. The van der Waals surface area contributed by atoms with Gasteiger partial charge in [0.1, 0.15) is 9.52 Å². The maximum Gasteiger partial charge on any atom is 0.123 e. The van der Waals surface area contributed by atoms with Crippen LogP contribution in [0, 0.1) is 39.5 Å². The molecule has 0 fully saturated rings. The molecule has 0 N–H and O–H groups in total. The van der Waals surface area contributed by atoms with Crippen LogP contribution in [0.25, 0.3) is 45.5 Å². The van der Waals surface area contributed by atoms with Gasteiger partial charge in [-0.25, -0.2) is 0 Å². The van der Waals surface area contributed by atoms with Crippen molar-refractivity contribution in [3.8, 4) is 33.4 Å². The Bertz CT molecular complexity index is 2160. The Morgan fingerprint density at radius 2 is 0.778 bits per heavy atom. The number of fused-ring (bicyclic) bond motifs is 5. The van der Waals surface area contributed by atoms with E-state index in [2.05, 4.69) is 189 Å². The number of aryl methyl sites for hydroxylation is 4. The van der Waals surface area contributed by atoms with Crippen molar-refractivity contribution >= 4 is 32.0 Å². The number of benzene rings is 6. The largest absolute Gasteiger partial charge is 0.123 e.